The number of aromatic amines is 1. The normalized spacial score (nSPS) is 18.1. The van der Waals surface area contributed by atoms with E-state index in [1.54, 1.807) is 31.2 Å². The van der Waals surface area contributed by atoms with Crippen molar-refractivity contribution in [3.05, 3.63) is 59.4 Å². The molecule has 9 nitrogen and oxygen atoms in total. The summed E-state index contributed by atoms with van der Waals surface area (Å²) in [6, 6.07) is 10.6. The van der Waals surface area contributed by atoms with Crippen LogP contribution in [0.3, 0.4) is 0 Å². The summed E-state index contributed by atoms with van der Waals surface area (Å²) >= 11 is 0. The first kappa shape index (κ1) is 21.8. The molecule has 1 aliphatic heterocycles. The molecule has 0 radical (unpaired) electrons. The number of aliphatic hydroxyl groups excluding tert-OH is 1. The molecule has 0 aliphatic carbocycles. The van der Waals surface area contributed by atoms with E-state index in [9.17, 15) is 9.59 Å². The van der Waals surface area contributed by atoms with Crippen LogP contribution in [0, 0.1) is 6.92 Å². The number of imide groups is 1. The second kappa shape index (κ2) is 8.97. The van der Waals surface area contributed by atoms with E-state index < -0.39 is 24.2 Å². The van der Waals surface area contributed by atoms with Crippen LogP contribution < -0.4 is 10.1 Å². The third-order valence-corrected chi connectivity index (χ3v) is 5.57. The van der Waals surface area contributed by atoms with Crippen molar-refractivity contribution in [3.63, 3.8) is 0 Å². The van der Waals surface area contributed by atoms with Gasteiger partial charge in [-0.15, -0.1) is 0 Å². The topological polar surface area (TPSA) is 117 Å². The minimum absolute atomic E-state index is 0.0890. The van der Waals surface area contributed by atoms with E-state index >= 15 is 0 Å². The Kier molecular flexibility index (Phi) is 6.11. The number of amides is 3. The van der Waals surface area contributed by atoms with Gasteiger partial charge >= 0.3 is 6.03 Å². The van der Waals surface area contributed by atoms with Gasteiger partial charge in [0.2, 0.25) is 0 Å². The second-order valence-corrected chi connectivity index (χ2v) is 7.76. The van der Waals surface area contributed by atoms with Crippen molar-refractivity contribution in [2.45, 2.75) is 32.0 Å². The number of urea groups is 1. The number of aryl methyl sites for hydroxylation is 1. The molecule has 3 aromatic rings. The molecule has 32 heavy (non-hydrogen) atoms. The number of hydrogen-bond donors (Lipinski definition) is 3. The van der Waals surface area contributed by atoms with Gasteiger partial charge < -0.3 is 24.9 Å². The van der Waals surface area contributed by atoms with Crippen LogP contribution in [0.4, 0.5) is 4.79 Å². The molecule has 4 rings (SSSR count). The number of carbonyl (C=O) groups excluding carboxylic acids is 2. The minimum Gasteiger partial charge on any atom is -0.491 e. The van der Waals surface area contributed by atoms with E-state index in [1.165, 1.54) is 12.0 Å². The predicted molar refractivity (Wildman–Crippen MR) is 117 cm³/mol. The molecule has 3 amide bonds. The molecule has 1 aromatic heterocycles. The number of aromatic nitrogens is 2. The van der Waals surface area contributed by atoms with Gasteiger partial charge in [0, 0.05) is 7.11 Å². The number of nitrogens with zero attached hydrogens (tertiary/aromatic N) is 2. The van der Waals surface area contributed by atoms with Crippen LogP contribution in [0.5, 0.6) is 5.75 Å². The summed E-state index contributed by atoms with van der Waals surface area (Å²) in [5.41, 5.74) is 3.29. The molecule has 2 aromatic carbocycles. The van der Waals surface area contributed by atoms with Crippen LogP contribution >= 0.6 is 0 Å². The van der Waals surface area contributed by atoms with E-state index in [0.29, 0.717) is 17.1 Å². The summed E-state index contributed by atoms with van der Waals surface area (Å²) in [7, 11) is 1.53. The van der Waals surface area contributed by atoms with Crippen molar-refractivity contribution >= 4 is 23.0 Å². The van der Waals surface area contributed by atoms with Crippen LogP contribution in [0.15, 0.2) is 42.5 Å². The first-order chi connectivity index (χ1) is 15.4. The standard InChI is InChI=1S/C23H26N4O5/c1-13-4-9-17-18(12-13)25-21(24-17)20(14(2)31-3)27-22(29)19(26-23(27)30)15-5-7-16(8-6-15)32-11-10-28/h4-9,12,14,19-20,28H,10-11H2,1-3H3,(H,24,25)(H,26,30)/t14?,19-,20+/m1/s1. The lowest BCUT2D eigenvalue weighted by molar-refractivity contribution is -0.131. The number of rotatable bonds is 8. The number of nitrogens with one attached hydrogen (secondary N) is 2. The number of ether oxygens (including phenoxy) is 2. The summed E-state index contributed by atoms with van der Waals surface area (Å²) in [4.78, 5) is 35.3. The van der Waals surface area contributed by atoms with Gasteiger partial charge in [0.25, 0.3) is 5.91 Å². The number of imidazole rings is 1. The first-order valence-corrected chi connectivity index (χ1v) is 10.4. The Morgan fingerprint density at radius 3 is 2.62 bits per heavy atom. The highest BCUT2D eigenvalue weighted by Gasteiger charge is 2.46. The van der Waals surface area contributed by atoms with Crippen LogP contribution in [0.1, 0.15) is 36.0 Å². The number of benzene rings is 2. The second-order valence-electron chi connectivity index (χ2n) is 7.76. The van der Waals surface area contributed by atoms with Crippen LogP contribution in [0.2, 0.25) is 0 Å². The highest BCUT2D eigenvalue weighted by molar-refractivity contribution is 6.05. The molecule has 0 spiro atoms. The van der Waals surface area contributed by atoms with E-state index in [4.69, 9.17) is 14.6 Å². The molecule has 0 saturated carbocycles. The van der Waals surface area contributed by atoms with Crippen LogP contribution in [-0.2, 0) is 9.53 Å². The quantitative estimate of drug-likeness (QED) is 0.466. The average molecular weight is 438 g/mol. The molecular formula is C23H26N4O5. The van der Waals surface area contributed by atoms with E-state index in [1.807, 2.05) is 25.1 Å². The fourth-order valence-corrected chi connectivity index (χ4v) is 3.87. The summed E-state index contributed by atoms with van der Waals surface area (Å²) < 4.78 is 10.9. The Balaban J connectivity index is 1.64. The van der Waals surface area contributed by atoms with Crippen molar-refractivity contribution in [1.82, 2.24) is 20.2 Å². The van der Waals surface area contributed by atoms with E-state index in [0.717, 1.165) is 16.6 Å². The van der Waals surface area contributed by atoms with Crippen molar-refractivity contribution < 1.29 is 24.2 Å². The fraction of sp³-hybridized carbons (Fsp3) is 0.348. The zero-order valence-electron chi connectivity index (χ0n) is 18.2. The molecule has 1 aliphatic rings. The van der Waals surface area contributed by atoms with Gasteiger partial charge in [0.05, 0.1) is 23.7 Å². The predicted octanol–water partition coefficient (Wildman–Crippen LogP) is 2.61. The Hall–Kier alpha value is -3.43. The maximum absolute atomic E-state index is 13.4. The first-order valence-electron chi connectivity index (χ1n) is 10.4. The number of carbonyl (C=O) groups is 2. The number of aliphatic hydroxyl groups is 1. The van der Waals surface area contributed by atoms with Gasteiger partial charge in [-0.25, -0.2) is 14.7 Å². The average Bonchev–Trinajstić information content (AvgIpc) is 3.33. The lowest BCUT2D eigenvalue weighted by atomic mass is 10.1. The smallest absolute Gasteiger partial charge is 0.325 e. The largest absolute Gasteiger partial charge is 0.491 e. The highest BCUT2D eigenvalue weighted by atomic mass is 16.5. The van der Waals surface area contributed by atoms with Crippen LogP contribution in [0.25, 0.3) is 11.0 Å². The van der Waals surface area contributed by atoms with Gasteiger partial charge in [-0.05, 0) is 49.2 Å². The van der Waals surface area contributed by atoms with Gasteiger partial charge in [-0.2, -0.15) is 0 Å². The number of hydrogen-bond acceptors (Lipinski definition) is 6. The summed E-state index contributed by atoms with van der Waals surface area (Å²) in [5.74, 6) is 0.668. The zero-order valence-corrected chi connectivity index (χ0v) is 18.2. The Labute approximate surface area is 185 Å². The third kappa shape index (κ3) is 4.04. The number of H-pyrrole nitrogens is 1. The summed E-state index contributed by atoms with van der Waals surface area (Å²) in [6.45, 7) is 3.87. The maximum Gasteiger partial charge on any atom is 0.325 e. The number of methoxy groups -OCH3 is 1. The number of fused-ring (bicyclic) bond motifs is 1. The van der Waals surface area contributed by atoms with Gasteiger partial charge in [-0.3, -0.25) is 4.79 Å². The van der Waals surface area contributed by atoms with Crippen molar-refractivity contribution in [2.75, 3.05) is 20.3 Å². The fourth-order valence-electron chi connectivity index (χ4n) is 3.87. The molecule has 1 saturated heterocycles. The van der Waals surface area contributed by atoms with Gasteiger partial charge in [-0.1, -0.05) is 18.2 Å². The SMILES string of the molecule is COC(C)[C@@H](c1nc2ccc(C)cc2[nH]1)N1C(=O)N[C@H](c2ccc(OCCO)cc2)C1=O. The summed E-state index contributed by atoms with van der Waals surface area (Å²) in [6.07, 6.45) is -0.487. The lowest BCUT2D eigenvalue weighted by Crippen LogP contribution is -2.41. The van der Waals surface area contributed by atoms with Crippen molar-refractivity contribution in [3.8, 4) is 5.75 Å². The molecule has 1 fully saturated rings. The van der Waals surface area contributed by atoms with Crippen LogP contribution in [-0.4, -0.2) is 58.3 Å². The van der Waals surface area contributed by atoms with E-state index in [2.05, 4.69) is 15.3 Å². The van der Waals surface area contributed by atoms with Crippen molar-refractivity contribution in [2.24, 2.45) is 0 Å². The molecule has 2 heterocycles. The molecule has 9 heteroatoms. The monoisotopic (exact) mass is 438 g/mol. The summed E-state index contributed by atoms with van der Waals surface area (Å²) in [5, 5.41) is 11.6. The van der Waals surface area contributed by atoms with Crippen molar-refractivity contribution in [1.29, 1.82) is 0 Å². The van der Waals surface area contributed by atoms with Gasteiger partial charge in [0.15, 0.2) is 0 Å². The molecule has 0 bridgehead atoms. The molecule has 3 N–H and O–H groups in total. The molecule has 168 valence electrons. The Bertz CT molecular complexity index is 1130. The van der Waals surface area contributed by atoms with E-state index in [-0.39, 0.29) is 19.1 Å². The molecular weight excluding hydrogens is 412 g/mol. The lowest BCUT2D eigenvalue weighted by Gasteiger charge is -2.28. The highest BCUT2D eigenvalue weighted by Crippen LogP contribution is 2.33. The Morgan fingerprint density at radius 1 is 1.19 bits per heavy atom. The van der Waals surface area contributed by atoms with Gasteiger partial charge in [0.1, 0.15) is 30.3 Å². The zero-order chi connectivity index (χ0) is 22.8. The minimum atomic E-state index is -0.826. The maximum atomic E-state index is 13.4. The molecule has 3 atom stereocenters. The Morgan fingerprint density at radius 2 is 1.94 bits per heavy atom. The third-order valence-electron chi connectivity index (χ3n) is 5.57. The molecule has 1 unspecified atom stereocenters.